The van der Waals surface area contributed by atoms with Crippen LogP contribution in [0.2, 0.25) is 0 Å². The number of benzene rings is 1. The second kappa shape index (κ2) is 9.76. The van der Waals surface area contributed by atoms with Crippen LogP contribution in [0.15, 0.2) is 36.4 Å². The summed E-state index contributed by atoms with van der Waals surface area (Å²) in [4.78, 5) is 0. The van der Waals surface area contributed by atoms with Crippen molar-refractivity contribution in [2.75, 3.05) is 6.61 Å². The fourth-order valence-electron chi connectivity index (χ4n) is 1.72. The van der Waals surface area contributed by atoms with E-state index >= 15 is 0 Å². The van der Waals surface area contributed by atoms with Gasteiger partial charge in [-0.2, -0.15) is 0 Å². The van der Waals surface area contributed by atoms with E-state index in [9.17, 15) is 0 Å². The molecule has 0 unspecified atom stereocenters. The van der Waals surface area contributed by atoms with Gasteiger partial charge in [0.05, 0.1) is 6.61 Å². The van der Waals surface area contributed by atoms with E-state index in [2.05, 4.69) is 50.3 Å². The summed E-state index contributed by atoms with van der Waals surface area (Å²) >= 11 is 0. The first kappa shape index (κ1) is 14.8. The van der Waals surface area contributed by atoms with E-state index in [1.165, 1.54) is 31.2 Å². The summed E-state index contributed by atoms with van der Waals surface area (Å²) in [6.07, 6.45) is 11.7. The van der Waals surface area contributed by atoms with Crippen molar-refractivity contribution in [3.05, 3.63) is 42.0 Å². The molecule has 0 spiro atoms. The maximum absolute atomic E-state index is 5.64. The molecule has 0 heterocycles. The molecule has 100 valence electrons. The van der Waals surface area contributed by atoms with E-state index in [1.54, 1.807) is 0 Å². The molecule has 1 rings (SSSR count). The highest BCUT2D eigenvalue weighted by Crippen LogP contribution is 2.13. The minimum atomic E-state index is 0.826. The summed E-state index contributed by atoms with van der Waals surface area (Å²) in [6, 6.07) is 8.46. The summed E-state index contributed by atoms with van der Waals surface area (Å²) in [7, 11) is 0. The Balaban J connectivity index is 2.29. The van der Waals surface area contributed by atoms with Crippen LogP contribution < -0.4 is 4.74 Å². The van der Waals surface area contributed by atoms with Gasteiger partial charge in [0.1, 0.15) is 5.75 Å². The van der Waals surface area contributed by atoms with E-state index < -0.39 is 0 Å². The lowest BCUT2D eigenvalue weighted by Crippen LogP contribution is -1.96. The Kier molecular flexibility index (Phi) is 8.03. The van der Waals surface area contributed by atoms with Gasteiger partial charge in [-0.3, -0.25) is 0 Å². The van der Waals surface area contributed by atoms with Crippen molar-refractivity contribution in [3.8, 4) is 5.75 Å². The molecule has 0 aliphatic rings. The zero-order chi connectivity index (χ0) is 13.1. The molecule has 0 amide bonds. The maximum atomic E-state index is 5.64. The Morgan fingerprint density at radius 1 is 0.944 bits per heavy atom. The van der Waals surface area contributed by atoms with Gasteiger partial charge in [0.25, 0.3) is 0 Å². The summed E-state index contributed by atoms with van der Waals surface area (Å²) in [5.74, 6) is 0.988. The molecule has 1 heteroatoms. The van der Waals surface area contributed by atoms with Crippen LogP contribution in [0.25, 0.3) is 0 Å². The molecule has 1 aromatic carbocycles. The molecule has 0 atom stereocenters. The average molecular weight is 246 g/mol. The Hall–Kier alpha value is -1.24. The van der Waals surface area contributed by atoms with Crippen LogP contribution in [0.3, 0.4) is 0 Å². The predicted octanol–water partition coefficient (Wildman–Crippen LogP) is 5.15. The average Bonchev–Trinajstić information content (AvgIpc) is 2.40. The highest BCUT2D eigenvalue weighted by Gasteiger charge is 1.94. The lowest BCUT2D eigenvalue weighted by molar-refractivity contribution is 0.309. The SMILES string of the molecule is CCCC/C=C/Cc1ccc(OCCCC)cc1. The predicted molar refractivity (Wildman–Crippen MR) is 79.2 cm³/mol. The topological polar surface area (TPSA) is 9.23 Å². The van der Waals surface area contributed by atoms with Gasteiger partial charge in [-0.15, -0.1) is 0 Å². The normalized spacial score (nSPS) is 11.0. The van der Waals surface area contributed by atoms with Gasteiger partial charge in [-0.25, -0.2) is 0 Å². The molecule has 0 saturated carbocycles. The van der Waals surface area contributed by atoms with Crippen molar-refractivity contribution >= 4 is 0 Å². The third-order valence-corrected chi connectivity index (χ3v) is 2.93. The van der Waals surface area contributed by atoms with Crippen LogP contribution in [-0.2, 0) is 6.42 Å². The third-order valence-electron chi connectivity index (χ3n) is 2.93. The molecule has 0 saturated heterocycles. The Morgan fingerprint density at radius 3 is 2.33 bits per heavy atom. The molecule has 0 aliphatic heterocycles. The number of rotatable bonds is 9. The Morgan fingerprint density at radius 2 is 1.67 bits per heavy atom. The Bertz CT molecular complexity index is 324. The summed E-state index contributed by atoms with van der Waals surface area (Å²) < 4.78 is 5.64. The smallest absolute Gasteiger partial charge is 0.119 e. The number of hydrogen-bond acceptors (Lipinski definition) is 1. The fourth-order valence-corrected chi connectivity index (χ4v) is 1.72. The van der Waals surface area contributed by atoms with Gasteiger partial charge in [-0.1, -0.05) is 57.4 Å². The number of allylic oxidation sites excluding steroid dienone is 2. The second-order valence-corrected chi connectivity index (χ2v) is 4.66. The van der Waals surface area contributed by atoms with Crippen LogP contribution in [-0.4, -0.2) is 6.61 Å². The highest BCUT2D eigenvalue weighted by atomic mass is 16.5. The minimum Gasteiger partial charge on any atom is -0.494 e. The quantitative estimate of drug-likeness (QED) is 0.432. The molecular formula is C17H26O. The first-order chi connectivity index (χ1) is 8.86. The zero-order valence-corrected chi connectivity index (χ0v) is 11.8. The maximum Gasteiger partial charge on any atom is 0.119 e. The lowest BCUT2D eigenvalue weighted by Gasteiger charge is -2.05. The van der Waals surface area contributed by atoms with E-state index in [0.29, 0.717) is 0 Å². The first-order valence-electron chi connectivity index (χ1n) is 7.23. The second-order valence-electron chi connectivity index (χ2n) is 4.66. The van der Waals surface area contributed by atoms with Gasteiger partial charge < -0.3 is 4.74 Å². The number of unbranched alkanes of at least 4 members (excludes halogenated alkanes) is 3. The van der Waals surface area contributed by atoms with Crippen molar-refractivity contribution in [2.24, 2.45) is 0 Å². The number of hydrogen-bond donors (Lipinski definition) is 0. The van der Waals surface area contributed by atoms with E-state index in [1.807, 2.05) is 0 Å². The molecule has 0 aliphatic carbocycles. The molecular weight excluding hydrogens is 220 g/mol. The summed E-state index contributed by atoms with van der Waals surface area (Å²) in [6.45, 7) is 5.23. The van der Waals surface area contributed by atoms with Crippen molar-refractivity contribution in [1.29, 1.82) is 0 Å². The fraction of sp³-hybridized carbons (Fsp3) is 0.529. The van der Waals surface area contributed by atoms with Crippen molar-refractivity contribution < 1.29 is 4.74 Å². The van der Waals surface area contributed by atoms with E-state index in [4.69, 9.17) is 4.74 Å². The monoisotopic (exact) mass is 246 g/mol. The molecule has 0 aromatic heterocycles. The van der Waals surface area contributed by atoms with Gasteiger partial charge in [0, 0.05) is 0 Å². The van der Waals surface area contributed by atoms with Crippen molar-refractivity contribution in [3.63, 3.8) is 0 Å². The van der Waals surface area contributed by atoms with Crippen LogP contribution in [0, 0.1) is 0 Å². The minimum absolute atomic E-state index is 0.826. The van der Waals surface area contributed by atoms with Crippen LogP contribution >= 0.6 is 0 Å². The van der Waals surface area contributed by atoms with Crippen LogP contribution in [0.5, 0.6) is 5.75 Å². The standard InChI is InChI=1S/C17H26O/c1-3-5-7-8-9-10-16-11-13-17(14-12-16)18-15-6-4-2/h8-9,11-14H,3-7,10,15H2,1-2H3/b9-8+. The third kappa shape index (κ3) is 6.48. The summed E-state index contributed by atoms with van der Waals surface area (Å²) in [5.41, 5.74) is 1.35. The molecule has 0 fully saturated rings. The molecule has 0 bridgehead atoms. The van der Waals surface area contributed by atoms with Gasteiger partial charge >= 0.3 is 0 Å². The Labute approximate surface area is 112 Å². The first-order valence-corrected chi connectivity index (χ1v) is 7.23. The van der Waals surface area contributed by atoms with Gasteiger partial charge in [0.2, 0.25) is 0 Å². The molecule has 0 N–H and O–H groups in total. The van der Waals surface area contributed by atoms with Crippen molar-refractivity contribution in [1.82, 2.24) is 0 Å². The lowest BCUT2D eigenvalue weighted by atomic mass is 10.1. The van der Waals surface area contributed by atoms with Gasteiger partial charge in [-0.05, 0) is 37.0 Å². The van der Waals surface area contributed by atoms with Crippen molar-refractivity contribution in [2.45, 2.75) is 52.4 Å². The zero-order valence-electron chi connectivity index (χ0n) is 11.8. The summed E-state index contributed by atoms with van der Waals surface area (Å²) in [5, 5.41) is 0. The number of ether oxygens (including phenoxy) is 1. The largest absolute Gasteiger partial charge is 0.494 e. The highest BCUT2D eigenvalue weighted by molar-refractivity contribution is 5.28. The molecule has 18 heavy (non-hydrogen) atoms. The molecule has 0 radical (unpaired) electrons. The van der Waals surface area contributed by atoms with E-state index in [0.717, 1.165) is 25.2 Å². The van der Waals surface area contributed by atoms with Gasteiger partial charge in [0.15, 0.2) is 0 Å². The van der Waals surface area contributed by atoms with Crippen LogP contribution in [0.4, 0.5) is 0 Å². The molecule has 1 aromatic rings. The van der Waals surface area contributed by atoms with Crippen LogP contribution in [0.1, 0.15) is 51.5 Å². The molecule has 1 nitrogen and oxygen atoms in total. The van der Waals surface area contributed by atoms with E-state index in [-0.39, 0.29) is 0 Å².